The van der Waals surface area contributed by atoms with Gasteiger partial charge < -0.3 is 15.4 Å². The van der Waals surface area contributed by atoms with E-state index in [-0.39, 0.29) is 11.9 Å². The highest BCUT2D eigenvalue weighted by atomic mass is 16.5. The van der Waals surface area contributed by atoms with Gasteiger partial charge in [-0.2, -0.15) is 0 Å². The largest absolute Gasteiger partial charge is 0.502 e. The molecule has 0 aromatic rings. The number of piperidine rings is 1. The Bertz CT molecular complexity index is 231. The summed E-state index contributed by atoms with van der Waals surface area (Å²) in [5, 5.41) is 6.16. The summed E-state index contributed by atoms with van der Waals surface area (Å²) in [5.74, 6) is 0.756. The summed E-state index contributed by atoms with van der Waals surface area (Å²) in [5.41, 5.74) is 0. The van der Waals surface area contributed by atoms with Crippen LogP contribution in [0.3, 0.4) is 0 Å². The average Bonchev–Trinajstić information content (AvgIpc) is 2.28. The van der Waals surface area contributed by atoms with Gasteiger partial charge in [0.05, 0.1) is 18.9 Å². The molecule has 1 rings (SSSR count). The van der Waals surface area contributed by atoms with Gasteiger partial charge in [-0.1, -0.05) is 13.5 Å². The van der Waals surface area contributed by atoms with Crippen molar-refractivity contribution >= 4 is 5.91 Å². The summed E-state index contributed by atoms with van der Waals surface area (Å²) in [6.45, 7) is 7.87. The van der Waals surface area contributed by atoms with Crippen molar-refractivity contribution in [3.8, 4) is 0 Å². The molecular weight excluding hydrogens is 204 g/mol. The fraction of sp³-hybridized carbons (Fsp3) is 0.750. The molecule has 92 valence electrons. The van der Waals surface area contributed by atoms with Crippen LogP contribution in [0.4, 0.5) is 0 Å². The third-order valence-electron chi connectivity index (χ3n) is 2.84. The summed E-state index contributed by atoms with van der Waals surface area (Å²) in [6, 6.07) is -0.0101. The maximum absolute atomic E-state index is 11.7. The highest BCUT2D eigenvalue weighted by molar-refractivity contribution is 5.81. The molecule has 0 aromatic carbocycles. The lowest BCUT2D eigenvalue weighted by Gasteiger charge is -2.27. The minimum Gasteiger partial charge on any atom is -0.502 e. The normalized spacial score (nSPS) is 24.8. The Kier molecular flexibility index (Phi) is 5.93. The predicted octanol–water partition coefficient (Wildman–Crippen LogP) is 1.04. The summed E-state index contributed by atoms with van der Waals surface area (Å²) in [6.07, 6.45) is 4.35. The molecule has 4 heteroatoms. The molecule has 0 aliphatic carbocycles. The van der Waals surface area contributed by atoms with E-state index in [9.17, 15) is 4.79 Å². The van der Waals surface area contributed by atoms with Crippen molar-refractivity contribution in [3.63, 3.8) is 0 Å². The van der Waals surface area contributed by atoms with Crippen molar-refractivity contribution in [2.45, 2.75) is 32.2 Å². The van der Waals surface area contributed by atoms with E-state index in [1.165, 1.54) is 6.26 Å². The molecule has 2 N–H and O–H groups in total. The maximum Gasteiger partial charge on any atom is 0.237 e. The highest BCUT2D eigenvalue weighted by Gasteiger charge is 2.23. The zero-order valence-electron chi connectivity index (χ0n) is 10.00. The SMILES string of the molecule is C=COCCCNC(=O)C1CC(C)CCN1. The van der Waals surface area contributed by atoms with E-state index < -0.39 is 0 Å². The monoisotopic (exact) mass is 226 g/mol. The minimum atomic E-state index is -0.0101. The van der Waals surface area contributed by atoms with E-state index in [1.807, 2.05) is 0 Å². The lowest BCUT2D eigenvalue weighted by molar-refractivity contribution is -0.124. The number of carbonyl (C=O) groups excluding carboxylic acids is 1. The molecule has 1 amide bonds. The number of nitrogens with one attached hydrogen (secondary N) is 2. The zero-order chi connectivity index (χ0) is 11.8. The highest BCUT2D eigenvalue weighted by Crippen LogP contribution is 2.14. The number of hydrogen-bond acceptors (Lipinski definition) is 3. The Balaban J connectivity index is 2.11. The molecule has 2 atom stereocenters. The van der Waals surface area contributed by atoms with Gasteiger partial charge in [0, 0.05) is 6.54 Å². The molecule has 1 heterocycles. The van der Waals surface area contributed by atoms with E-state index in [0.29, 0.717) is 19.1 Å². The molecular formula is C12H22N2O2. The van der Waals surface area contributed by atoms with Crippen LogP contribution in [0.2, 0.25) is 0 Å². The van der Waals surface area contributed by atoms with Crippen molar-refractivity contribution in [2.24, 2.45) is 5.92 Å². The van der Waals surface area contributed by atoms with Crippen LogP contribution >= 0.6 is 0 Å². The van der Waals surface area contributed by atoms with E-state index in [0.717, 1.165) is 25.8 Å². The van der Waals surface area contributed by atoms with Crippen LogP contribution in [0.25, 0.3) is 0 Å². The summed E-state index contributed by atoms with van der Waals surface area (Å²) < 4.78 is 4.97. The van der Waals surface area contributed by atoms with Gasteiger partial charge in [-0.25, -0.2) is 0 Å². The Morgan fingerprint density at radius 2 is 2.50 bits per heavy atom. The van der Waals surface area contributed by atoms with E-state index in [1.54, 1.807) is 0 Å². The van der Waals surface area contributed by atoms with Crippen molar-refractivity contribution in [1.29, 1.82) is 0 Å². The molecule has 0 bridgehead atoms. The minimum absolute atomic E-state index is 0.0101. The van der Waals surface area contributed by atoms with Crippen LogP contribution in [-0.2, 0) is 9.53 Å². The number of ether oxygens (including phenoxy) is 1. The van der Waals surface area contributed by atoms with Crippen LogP contribution in [0.1, 0.15) is 26.2 Å². The van der Waals surface area contributed by atoms with E-state index in [4.69, 9.17) is 4.74 Å². The summed E-state index contributed by atoms with van der Waals surface area (Å²) >= 11 is 0. The topological polar surface area (TPSA) is 50.4 Å². The first-order valence-electron chi connectivity index (χ1n) is 5.97. The molecule has 1 fully saturated rings. The lowest BCUT2D eigenvalue weighted by Crippen LogP contribution is -2.48. The van der Waals surface area contributed by atoms with Crippen LogP contribution in [-0.4, -0.2) is 31.6 Å². The van der Waals surface area contributed by atoms with Gasteiger partial charge >= 0.3 is 0 Å². The molecule has 1 aliphatic rings. The van der Waals surface area contributed by atoms with Crippen molar-refractivity contribution < 1.29 is 9.53 Å². The number of carbonyl (C=O) groups is 1. The maximum atomic E-state index is 11.7. The van der Waals surface area contributed by atoms with Gasteiger partial charge in [0.25, 0.3) is 0 Å². The first-order valence-corrected chi connectivity index (χ1v) is 5.97. The average molecular weight is 226 g/mol. The molecule has 0 saturated carbocycles. The van der Waals surface area contributed by atoms with E-state index >= 15 is 0 Å². The molecule has 16 heavy (non-hydrogen) atoms. The zero-order valence-corrected chi connectivity index (χ0v) is 10.00. The quantitative estimate of drug-likeness (QED) is 0.525. The van der Waals surface area contributed by atoms with Crippen LogP contribution < -0.4 is 10.6 Å². The standard InChI is InChI=1S/C12H22N2O2/c1-3-16-8-4-6-14-12(15)11-9-10(2)5-7-13-11/h3,10-11,13H,1,4-9H2,2H3,(H,14,15). The summed E-state index contributed by atoms with van der Waals surface area (Å²) in [4.78, 5) is 11.7. The first-order chi connectivity index (χ1) is 7.74. The molecule has 1 saturated heterocycles. The molecule has 0 aromatic heterocycles. The molecule has 0 radical (unpaired) electrons. The number of amides is 1. The third-order valence-corrected chi connectivity index (χ3v) is 2.84. The smallest absolute Gasteiger partial charge is 0.237 e. The predicted molar refractivity (Wildman–Crippen MR) is 64.0 cm³/mol. The first kappa shape index (κ1) is 13.0. The molecule has 0 spiro atoms. The Hall–Kier alpha value is -1.03. The number of rotatable bonds is 6. The molecule has 1 aliphatic heterocycles. The van der Waals surface area contributed by atoms with Gasteiger partial charge in [-0.15, -0.1) is 0 Å². The summed E-state index contributed by atoms with van der Waals surface area (Å²) in [7, 11) is 0. The van der Waals surface area contributed by atoms with Crippen LogP contribution in [0.5, 0.6) is 0 Å². The Labute approximate surface area is 97.4 Å². The van der Waals surface area contributed by atoms with Gasteiger partial charge in [0.15, 0.2) is 0 Å². The van der Waals surface area contributed by atoms with Gasteiger partial charge in [-0.05, 0) is 31.7 Å². The van der Waals surface area contributed by atoms with Crippen molar-refractivity contribution in [1.82, 2.24) is 10.6 Å². The Morgan fingerprint density at radius 3 is 3.19 bits per heavy atom. The third kappa shape index (κ3) is 4.66. The van der Waals surface area contributed by atoms with Crippen molar-refractivity contribution in [3.05, 3.63) is 12.8 Å². The van der Waals surface area contributed by atoms with Crippen LogP contribution in [0.15, 0.2) is 12.8 Å². The van der Waals surface area contributed by atoms with Crippen molar-refractivity contribution in [2.75, 3.05) is 19.7 Å². The second-order valence-corrected chi connectivity index (χ2v) is 4.32. The fourth-order valence-corrected chi connectivity index (χ4v) is 1.88. The van der Waals surface area contributed by atoms with Gasteiger partial charge in [0.1, 0.15) is 0 Å². The molecule has 2 unspecified atom stereocenters. The number of hydrogen-bond donors (Lipinski definition) is 2. The second kappa shape index (κ2) is 7.28. The second-order valence-electron chi connectivity index (χ2n) is 4.32. The van der Waals surface area contributed by atoms with Crippen LogP contribution in [0, 0.1) is 5.92 Å². The molecule has 4 nitrogen and oxygen atoms in total. The van der Waals surface area contributed by atoms with E-state index in [2.05, 4.69) is 24.1 Å². The fourth-order valence-electron chi connectivity index (χ4n) is 1.88. The van der Waals surface area contributed by atoms with Gasteiger partial charge in [0.2, 0.25) is 5.91 Å². The van der Waals surface area contributed by atoms with Gasteiger partial charge in [-0.3, -0.25) is 4.79 Å². The Morgan fingerprint density at radius 1 is 1.69 bits per heavy atom. The lowest BCUT2D eigenvalue weighted by atomic mass is 9.94.